The monoisotopic (exact) mass is 303 g/mol. The minimum Gasteiger partial charge on any atom is -0.449 e. The van der Waals surface area contributed by atoms with Crippen LogP contribution < -0.4 is 5.32 Å². The molecule has 2 rings (SSSR count). The van der Waals surface area contributed by atoms with Crippen LogP contribution in [0.15, 0.2) is 18.2 Å². The van der Waals surface area contributed by atoms with Crippen LogP contribution >= 0.6 is 0 Å². The van der Waals surface area contributed by atoms with E-state index in [1.54, 1.807) is 19.1 Å². The molecule has 0 aromatic heterocycles. The molecule has 1 aromatic carbocycles. The van der Waals surface area contributed by atoms with E-state index in [0.717, 1.165) is 36.8 Å². The number of carbonyl (C=O) groups excluding carboxylic acids is 2. The van der Waals surface area contributed by atoms with E-state index in [2.05, 4.69) is 5.32 Å². The Hall–Kier alpha value is -1.84. The predicted octanol–water partition coefficient (Wildman–Crippen LogP) is 3.30. The Kier molecular flexibility index (Phi) is 5.58. The van der Waals surface area contributed by atoms with Crippen molar-refractivity contribution in [3.05, 3.63) is 34.9 Å². The number of carbonyl (C=O) groups is 2. The number of hydrogen-bond acceptors (Lipinski definition) is 3. The van der Waals surface area contributed by atoms with Gasteiger partial charge in [-0.2, -0.15) is 0 Å². The van der Waals surface area contributed by atoms with Gasteiger partial charge in [0.05, 0.1) is 5.56 Å². The Morgan fingerprint density at radius 2 is 1.82 bits per heavy atom. The molecule has 1 saturated carbocycles. The van der Waals surface area contributed by atoms with Crippen molar-refractivity contribution in [2.45, 2.75) is 65.0 Å². The molecule has 1 unspecified atom stereocenters. The fraction of sp³-hybridized carbons (Fsp3) is 0.556. The van der Waals surface area contributed by atoms with Crippen molar-refractivity contribution in [3.8, 4) is 0 Å². The summed E-state index contributed by atoms with van der Waals surface area (Å²) in [5.74, 6) is -0.654. The largest absolute Gasteiger partial charge is 0.449 e. The summed E-state index contributed by atoms with van der Waals surface area (Å²) in [6.07, 6.45) is 4.82. The lowest BCUT2D eigenvalue weighted by molar-refractivity contribution is -0.130. The van der Waals surface area contributed by atoms with Gasteiger partial charge in [-0.3, -0.25) is 4.79 Å². The van der Waals surface area contributed by atoms with Crippen LogP contribution in [0.25, 0.3) is 0 Å². The lowest BCUT2D eigenvalue weighted by Gasteiger charge is -2.24. The molecule has 0 bridgehead atoms. The molecule has 1 aliphatic rings. The van der Waals surface area contributed by atoms with Gasteiger partial charge in [-0.05, 0) is 56.9 Å². The third-order valence-corrected chi connectivity index (χ3v) is 4.35. The van der Waals surface area contributed by atoms with E-state index in [1.165, 1.54) is 6.42 Å². The quantitative estimate of drug-likeness (QED) is 0.868. The molecule has 1 atom stereocenters. The summed E-state index contributed by atoms with van der Waals surface area (Å²) < 4.78 is 5.28. The normalized spacial score (nSPS) is 16.9. The first-order chi connectivity index (χ1) is 10.5. The Bertz CT molecular complexity index is 547. The second kappa shape index (κ2) is 7.43. The number of aryl methyl sites for hydroxylation is 2. The van der Waals surface area contributed by atoms with Gasteiger partial charge in [-0.15, -0.1) is 0 Å². The second-order valence-electron chi connectivity index (χ2n) is 6.19. The summed E-state index contributed by atoms with van der Waals surface area (Å²) in [5, 5.41) is 2.98. The molecule has 0 saturated heterocycles. The maximum atomic E-state index is 12.1. The van der Waals surface area contributed by atoms with Gasteiger partial charge in [-0.25, -0.2) is 4.79 Å². The van der Waals surface area contributed by atoms with Crippen molar-refractivity contribution in [1.29, 1.82) is 0 Å². The molecule has 0 heterocycles. The third kappa shape index (κ3) is 4.33. The van der Waals surface area contributed by atoms with E-state index >= 15 is 0 Å². The molecule has 1 aromatic rings. The molecule has 0 aliphatic heterocycles. The molecule has 4 nitrogen and oxygen atoms in total. The van der Waals surface area contributed by atoms with Crippen molar-refractivity contribution in [1.82, 2.24) is 5.32 Å². The highest BCUT2D eigenvalue weighted by molar-refractivity contribution is 5.92. The van der Waals surface area contributed by atoms with E-state index in [9.17, 15) is 9.59 Å². The van der Waals surface area contributed by atoms with Crippen molar-refractivity contribution in [3.63, 3.8) is 0 Å². The lowest BCUT2D eigenvalue weighted by atomic mass is 9.95. The summed E-state index contributed by atoms with van der Waals surface area (Å²) in [4.78, 5) is 24.2. The predicted molar refractivity (Wildman–Crippen MR) is 85.8 cm³/mol. The average molecular weight is 303 g/mol. The number of benzene rings is 1. The van der Waals surface area contributed by atoms with Gasteiger partial charge in [0, 0.05) is 6.04 Å². The SMILES string of the molecule is Cc1ccc(C(=O)OC(C)C(=O)NC2CCCCC2)cc1C. The van der Waals surface area contributed by atoms with Gasteiger partial charge in [0.1, 0.15) is 0 Å². The fourth-order valence-corrected chi connectivity index (χ4v) is 2.72. The van der Waals surface area contributed by atoms with E-state index in [-0.39, 0.29) is 11.9 Å². The Balaban J connectivity index is 1.89. The summed E-state index contributed by atoms with van der Waals surface area (Å²) in [6.45, 7) is 5.56. The maximum Gasteiger partial charge on any atom is 0.338 e. The van der Waals surface area contributed by atoms with Crippen molar-refractivity contribution < 1.29 is 14.3 Å². The van der Waals surface area contributed by atoms with Crippen molar-refractivity contribution in [2.24, 2.45) is 0 Å². The molecule has 1 N–H and O–H groups in total. The molecule has 1 aliphatic carbocycles. The number of hydrogen-bond donors (Lipinski definition) is 1. The fourth-order valence-electron chi connectivity index (χ4n) is 2.72. The first-order valence-corrected chi connectivity index (χ1v) is 8.06. The van der Waals surface area contributed by atoms with Gasteiger partial charge < -0.3 is 10.1 Å². The number of ether oxygens (including phenoxy) is 1. The minimum absolute atomic E-state index is 0.205. The first-order valence-electron chi connectivity index (χ1n) is 8.06. The molecule has 0 radical (unpaired) electrons. The smallest absolute Gasteiger partial charge is 0.338 e. The third-order valence-electron chi connectivity index (χ3n) is 4.35. The van der Waals surface area contributed by atoms with Crippen LogP contribution in [0.3, 0.4) is 0 Å². The van der Waals surface area contributed by atoms with E-state index < -0.39 is 12.1 Å². The van der Waals surface area contributed by atoms with Gasteiger partial charge in [0.2, 0.25) is 0 Å². The molecule has 22 heavy (non-hydrogen) atoms. The Morgan fingerprint density at radius 3 is 2.45 bits per heavy atom. The van der Waals surface area contributed by atoms with Crippen LogP contribution in [0.5, 0.6) is 0 Å². The maximum absolute atomic E-state index is 12.1. The summed E-state index contributed by atoms with van der Waals surface area (Å²) >= 11 is 0. The summed E-state index contributed by atoms with van der Waals surface area (Å²) in [7, 11) is 0. The van der Waals surface area contributed by atoms with Crippen LogP contribution in [0, 0.1) is 13.8 Å². The van der Waals surface area contributed by atoms with E-state index in [1.807, 2.05) is 19.9 Å². The van der Waals surface area contributed by atoms with Crippen LogP contribution in [0.1, 0.15) is 60.5 Å². The van der Waals surface area contributed by atoms with Crippen LogP contribution in [0.4, 0.5) is 0 Å². The lowest BCUT2D eigenvalue weighted by Crippen LogP contribution is -2.42. The van der Waals surface area contributed by atoms with Crippen molar-refractivity contribution in [2.75, 3.05) is 0 Å². The average Bonchev–Trinajstić information content (AvgIpc) is 2.50. The Morgan fingerprint density at radius 1 is 1.14 bits per heavy atom. The second-order valence-corrected chi connectivity index (χ2v) is 6.19. The van der Waals surface area contributed by atoms with Crippen molar-refractivity contribution >= 4 is 11.9 Å². The molecule has 120 valence electrons. The van der Waals surface area contributed by atoms with E-state index in [4.69, 9.17) is 4.74 Å². The highest BCUT2D eigenvalue weighted by Gasteiger charge is 2.22. The summed E-state index contributed by atoms with van der Waals surface area (Å²) in [6, 6.07) is 5.64. The zero-order valence-corrected chi connectivity index (χ0v) is 13.6. The zero-order valence-electron chi connectivity index (χ0n) is 13.6. The molecular formula is C18H25NO3. The highest BCUT2D eigenvalue weighted by atomic mass is 16.5. The standard InChI is InChI=1S/C18H25NO3/c1-12-9-10-15(11-13(12)2)18(21)22-14(3)17(20)19-16-7-5-4-6-8-16/h9-11,14,16H,4-8H2,1-3H3,(H,19,20). The van der Waals surface area contributed by atoms with Gasteiger partial charge >= 0.3 is 5.97 Å². The van der Waals surface area contributed by atoms with E-state index in [0.29, 0.717) is 5.56 Å². The molecule has 1 amide bonds. The number of rotatable bonds is 4. The van der Waals surface area contributed by atoms with Crippen LogP contribution in [-0.4, -0.2) is 24.0 Å². The van der Waals surface area contributed by atoms with Crippen LogP contribution in [-0.2, 0) is 9.53 Å². The minimum atomic E-state index is -0.768. The molecular weight excluding hydrogens is 278 g/mol. The number of amides is 1. The number of nitrogens with one attached hydrogen (secondary N) is 1. The highest BCUT2D eigenvalue weighted by Crippen LogP contribution is 2.18. The molecule has 0 spiro atoms. The van der Waals surface area contributed by atoms with Gasteiger partial charge in [0.15, 0.2) is 6.10 Å². The van der Waals surface area contributed by atoms with Gasteiger partial charge in [0.25, 0.3) is 5.91 Å². The molecule has 4 heteroatoms. The number of esters is 1. The van der Waals surface area contributed by atoms with Gasteiger partial charge in [-0.1, -0.05) is 25.3 Å². The summed E-state index contributed by atoms with van der Waals surface area (Å²) in [5.41, 5.74) is 2.65. The Labute approximate surface area is 132 Å². The zero-order chi connectivity index (χ0) is 16.1. The van der Waals surface area contributed by atoms with Crippen LogP contribution in [0.2, 0.25) is 0 Å². The first kappa shape index (κ1) is 16.5. The topological polar surface area (TPSA) is 55.4 Å². The molecule has 1 fully saturated rings.